The SMILES string of the molecule is N#Cc1c(-c2cccs2)ccn(CC=Cc2ccccc2)c1=O. The summed E-state index contributed by atoms with van der Waals surface area (Å²) >= 11 is 1.52. The number of nitriles is 1. The highest BCUT2D eigenvalue weighted by atomic mass is 32.1. The Morgan fingerprint density at radius 1 is 1.13 bits per heavy atom. The van der Waals surface area contributed by atoms with Gasteiger partial charge in [0.15, 0.2) is 0 Å². The summed E-state index contributed by atoms with van der Waals surface area (Å²) < 4.78 is 1.55. The molecule has 0 bridgehead atoms. The Morgan fingerprint density at radius 2 is 1.96 bits per heavy atom. The molecule has 0 aliphatic heterocycles. The van der Waals surface area contributed by atoms with E-state index >= 15 is 0 Å². The van der Waals surface area contributed by atoms with E-state index in [1.807, 2.05) is 72.1 Å². The van der Waals surface area contributed by atoms with E-state index < -0.39 is 0 Å². The molecule has 1 aromatic carbocycles. The summed E-state index contributed by atoms with van der Waals surface area (Å²) in [5.74, 6) is 0. The second-order valence-corrected chi connectivity index (χ2v) is 5.91. The van der Waals surface area contributed by atoms with Crippen molar-refractivity contribution in [1.29, 1.82) is 5.26 Å². The van der Waals surface area contributed by atoms with Gasteiger partial charge < -0.3 is 4.57 Å². The van der Waals surface area contributed by atoms with Crippen LogP contribution in [-0.4, -0.2) is 4.57 Å². The van der Waals surface area contributed by atoms with Gasteiger partial charge in [0.1, 0.15) is 11.6 Å². The Morgan fingerprint density at radius 3 is 2.65 bits per heavy atom. The summed E-state index contributed by atoms with van der Waals surface area (Å²) in [6.45, 7) is 0.438. The molecular formula is C19H14N2OS. The summed E-state index contributed by atoms with van der Waals surface area (Å²) in [5.41, 5.74) is 1.73. The van der Waals surface area contributed by atoms with Crippen LogP contribution in [0.1, 0.15) is 11.1 Å². The molecule has 0 saturated heterocycles. The van der Waals surface area contributed by atoms with Gasteiger partial charge in [0.05, 0.1) is 0 Å². The number of hydrogen-bond donors (Lipinski definition) is 0. The molecule has 0 radical (unpaired) electrons. The van der Waals surface area contributed by atoms with Crippen molar-refractivity contribution in [2.45, 2.75) is 6.54 Å². The second-order valence-electron chi connectivity index (χ2n) is 4.96. The third-order valence-corrected chi connectivity index (χ3v) is 4.38. The predicted octanol–water partition coefficient (Wildman–Crippen LogP) is 4.16. The van der Waals surface area contributed by atoms with Crippen molar-refractivity contribution in [2.75, 3.05) is 0 Å². The average Bonchev–Trinajstić information content (AvgIpc) is 3.11. The van der Waals surface area contributed by atoms with Crippen LogP contribution in [0.25, 0.3) is 16.5 Å². The second kappa shape index (κ2) is 6.91. The molecule has 3 nitrogen and oxygen atoms in total. The zero-order valence-electron chi connectivity index (χ0n) is 12.3. The number of pyridine rings is 1. The lowest BCUT2D eigenvalue weighted by Gasteiger charge is -2.06. The van der Waals surface area contributed by atoms with Crippen molar-refractivity contribution in [1.82, 2.24) is 4.57 Å². The molecule has 23 heavy (non-hydrogen) atoms. The lowest BCUT2D eigenvalue weighted by molar-refractivity contribution is 0.779. The molecule has 0 N–H and O–H groups in total. The van der Waals surface area contributed by atoms with Crippen LogP contribution in [0.15, 0.2) is 71.0 Å². The van der Waals surface area contributed by atoms with Gasteiger partial charge in [-0.1, -0.05) is 48.6 Å². The molecule has 3 aromatic rings. The van der Waals surface area contributed by atoms with Crippen LogP contribution < -0.4 is 5.56 Å². The maximum atomic E-state index is 12.5. The van der Waals surface area contributed by atoms with E-state index in [1.165, 1.54) is 11.3 Å². The van der Waals surface area contributed by atoms with Gasteiger partial charge >= 0.3 is 0 Å². The van der Waals surface area contributed by atoms with Gasteiger partial charge in [-0.3, -0.25) is 4.79 Å². The third kappa shape index (κ3) is 3.31. The first-order valence-electron chi connectivity index (χ1n) is 7.18. The van der Waals surface area contributed by atoms with E-state index in [4.69, 9.17) is 0 Å². The van der Waals surface area contributed by atoms with Crippen molar-refractivity contribution < 1.29 is 0 Å². The van der Waals surface area contributed by atoms with E-state index in [0.29, 0.717) is 12.1 Å². The van der Waals surface area contributed by atoms with E-state index in [2.05, 4.69) is 0 Å². The summed E-state index contributed by atoms with van der Waals surface area (Å²) in [6.07, 6.45) is 5.63. The molecule has 112 valence electrons. The fourth-order valence-electron chi connectivity index (χ4n) is 2.33. The Hall–Kier alpha value is -2.90. The molecular weight excluding hydrogens is 304 g/mol. The van der Waals surface area contributed by atoms with Gasteiger partial charge in [-0.05, 0) is 23.1 Å². The number of thiophene rings is 1. The maximum absolute atomic E-state index is 12.5. The van der Waals surface area contributed by atoms with Gasteiger partial charge in [-0.2, -0.15) is 5.26 Å². The van der Waals surface area contributed by atoms with Gasteiger partial charge in [-0.15, -0.1) is 11.3 Å². The zero-order chi connectivity index (χ0) is 16.1. The molecule has 2 heterocycles. The quantitative estimate of drug-likeness (QED) is 0.725. The zero-order valence-corrected chi connectivity index (χ0v) is 13.2. The van der Waals surface area contributed by atoms with Crippen LogP contribution in [0.2, 0.25) is 0 Å². The molecule has 3 rings (SSSR count). The first kappa shape index (κ1) is 15.0. The fraction of sp³-hybridized carbons (Fsp3) is 0.0526. The molecule has 0 fully saturated rings. The van der Waals surface area contributed by atoms with Gasteiger partial charge in [0, 0.05) is 23.2 Å². The third-order valence-electron chi connectivity index (χ3n) is 3.48. The highest BCUT2D eigenvalue weighted by Crippen LogP contribution is 2.25. The minimum absolute atomic E-state index is 0.197. The average molecular weight is 318 g/mol. The van der Waals surface area contributed by atoms with Gasteiger partial charge in [0.25, 0.3) is 5.56 Å². The minimum Gasteiger partial charge on any atom is -0.311 e. The van der Waals surface area contributed by atoms with Crippen molar-refractivity contribution in [2.24, 2.45) is 0 Å². The number of rotatable bonds is 4. The number of aromatic nitrogens is 1. The normalized spacial score (nSPS) is 10.7. The monoisotopic (exact) mass is 318 g/mol. The van der Waals surface area contributed by atoms with Gasteiger partial charge in [-0.25, -0.2) is 0 Å². The van der Waals surface area contributed by atoms with E-state index in [-0.39, 0.29) is 11.1 Å². The first-order chi connectivity index (χ1) is 11.3. The van der Waals surface area contributed by atoms with E-state index in [1.54, 1.807) is 10.8 Å². The predicted molar refractivity (Wildman–Crippen MR) is 94.2 cm³/mol. The van der Waals surface area contributed by atoms with Crippen LogP contribution in [0, 0.1) is 11.3 Å². The molecule has 0 aliphatic rings. The van der Waals surface area contributed by atoms with Crippen molar-refractivity contribution in [3.63, 3.8) is 0 Å². The van der Waals surface area contributed by atoms with Gasteiger partial charge in [0.2, 0.25) is 0 Å². The van der Waals surface area contributed by atoms with Crippen LogP contribution >= 0.6 is 11.3 Å². The van der Waals surface area contributed by atoms with Crippen LogP contribution in [-0.2, 0) is 6.54 Å². The molecule has 0 spiro atoms. The van der Waals surface area contributed by atoms with E-state index in [0.717, 1.165) is 10.4 Å². The highest BCUT2D eigenvalue weighted by Gasteiger charge is 2.11. The summed E-state index contributed by atoms with van der Waals surface area (Å²) in [7, 11) is 0. The van der Waals surface area contributed by atoms with Crippen LogP contribution in [0.3, 0.4) is 0 Å². The molecule has 0 atom stereocenters. The van der Waals surface area contributed by atoms with E-state index in [9.17, 15) is 10.1 Å². The lowest BCUT2D eigenvalue weighted by atomic mass is 10.1. The first-order valence-corrected chi connectivity index (χ1v) is 8.06. The van der Waals surface area contributed by atoms with Crippen molar-refractivity contribution in [3.05, 3.63) is 87.7 Å². The molecule has 0 aliphatic carbocycles. The number of allylic oxidation sites excluding steroid dienone is 1. The van der Waals surface area contributed by atoms with Crippen LogP contribution in [0.5, 0.6) is 0 Å². The lowest BCUT2D eigenvalue weighted by Crippen LogP contribution is -2.22. The van der Waals surface area contributed by atoms with Crippen LogP contribution in [0.4, 0.5) is 0 Å². The molecule has 0 amide bonds. The Labute approximate surface area is 138 Å². The summed E-state index contributed by atoms with van der Waals surface area (Å²) in [4.78, 5) is 13.4. The molecule has 4 heteroatoms. The topological polar surface area (TPSA) is 45.8 Å². The largest absolute Gasteiger partial charge is 0.311 e. The minimum atomic E-state index is -0.254. The Kier molecular flexibility index (Phi) is 4.51. The summed E-state index contributed by atoms with van der Waals surface area (Å²) in [6, 6.07) is 17.6. The Bertz CT molecular complexity index is 916. The summed E-state index contributed by atoms with van der Waals surface area (Å²) in [5, 5.41) is 11.3. The smallest absolute Gasteiger partial charge is 0.269 e. The number of nitrogens with zero attached hydrogens (tertiary/aromatic N) is 2. The number of hydrogen-bond acceptors (Lipinski definition) is 3. The number of benzene rings is 1. The fourth-order valence-corrected chi connectivity index (χ4v) is 3.09. The Balaban J connectivity index is 1.89. The van der Waals surface area contributed by atoms with Crippen molar-refractivity contribution >= 4 is 17.4 Å². The van der Waals surface area contributed by atoms with Crippen molar-refractivity contribution in [3.8, 4) is 16.5 Å². The molecule has 0 unspecified atom stereocenters. The molecule has 0 saturated carbocycles. The molecule has 2 aromatic heterocycles. The standard InChI is InChI=1S/C19H14N2OS/c20-14-17-16(18-9-5-13-23-18)10-12-21(19(17)22)11-4-8-15-6-2-1-3-7-15/h1-10,12-13H,11H2. The highest BCUT2D eigenvalue weighted by molar-refractivity contribution is 7.13. The maximum Gasteiger partial charge on any atom is 0.269 e.